The van der Waals surface area contributed by atoms with Crippen LogP contribution in [0.5, 0.6) is 0 Å². The zero-order valence-electron chi connectivity index (χ0n) is 15.1. The summed E-state index contributed by atoms with van der Waals surface area (Å²) < 4.78 is 11.7. The second-order valence-electron chi connectivity index (χ2n) is 7.62. The summed E-state index contributed by atoms with van der Waals surface area (Å²) in [4.78, 5) is 18.8. The molecule has 1 aromatic heterocycles. The third-order valence-electron chi connectivity index (χ3n) is 5.62. The van der Waals surface area contributed by atoms with Gasteiger partial charge in [0.15, 0.2) is 0 Å². The maximum absolute atomic E-state index is 12.8. The van der Waals surface area contributed by atoms with E-state index >= 15 is 0 Å². The van der Waals surface area contributed by atoms with Crippen LogP contribution in [0.25, 0.3) is 0 Å². The number of hydrogen-bond donors (Lipinski definition) is 0. The molecule has 0 aliphatic carbocycles. The lowest BCUT2D eigenvalue weighted by Crippen LogP contribution is -2.60. The van der Waals surface area contributed by atoms with Crippen molar-refractivity contribution >= 4 is 17.7 Å². The monoisotopic (exact) mass is 382 g/mol. The number of aromatic nitrogens is 1. The van der Waals surface area contributed by atoms with Crippen molar-refractivity contribution in [2.45, 2.75) is 37.1 Å². The van der Waals surface area contributed by atoms with Crippen molar-refractivity contribution in [3.63, 3.8) is 0 Å². The molecule has 27 heavy (non-hydrogen) atoms. The van der Waals surface area contributed by atoms with Gasteiger partial charge >= 0.3 is 0 Å². The summed E-state index contributed by atoms with van der Waals surface area (Å²) in [5.74, 6) is 1.14. The van der Waals surface area contributed by atoms with Crippen molar-refractivity contribution in [3.05, 3.63) is 65.0 Å². The largest absolute Gasteiger partial charge is 0.373 e. The van der Waals surface area contributed by atoms with Crippen LogP contribution in [0.15, 0.2) is 42.7 Å². The van der Waals surface area contributed by atoms with Gasteiger partial charge in [-0.25, -0.2) is 0 Å². The molecule has 3 aliphatic heterocycles. The number of nitrogens with zero attached hydrogens (tertiary/aromatic N) is 2. The maximum atomic E-state index is 12.8. The fourth-order valence-corrected chi connectivity index (χ4v) is 5.66. The van der Waals surface area contributed by atoms with Gasteiger partial charge in [0.25, 0.3) is 5.91 Å². The van der Waals surface area contributed by atoms with E-state index in [1.165, 1.54) is 5.56 Å². The standard InChI is InChI=1S/C21H22N2O3S/c24-20(16-1-2-17-10-25-11-18(17)7-16)23-13-21(14-23)8-19(12-27-21)26-9-15-3-5-22-6-4-15/h1-7,19H,8-14H2. The Morgan fingerprint density at radius 1 is 1.22 bits per heavy atom. The highest BCUT2D eigenvalue weighted by Crippen LogP contribution is 2.46. The summed E-state index contributed by atoms with van der Waals surface area (Å²) >= 11 is 1.96. The lowest BCUT2D eigenvalue weighted by Gasteiger charge is -2.47. The Labute approximate surface area is 163 Å². The van der Waals surface area contributed by atoms with Gasteiger partial charge in [0, 0.05) is 36.8 Å². The summed E-state index contributed by atoms with van der Waals surface area (Å²) in [7, 11) is 0. The highest BCUT2D eigenvalue weighted by atomic mass is 32.2. The molecule has 1 amide bonds. The quantitative estimate of drug-likeness (QED) is 0.814. The minimum absolute atomic E-state index is 0.136. The van der Waals surface area contributed by atoms with Gasteiger partial charge in [0.2, 0.25) is 0 Å². The molecule has 6 heteroatoms. The molecule has 1 unspecified atom stereocenters. The first-order chi connectivity index (χ1) is 13.2. The molecule has 2 saturated heterocycles. The lowest BCUT2D eigenvalue weighted by atomic mass is 9.92. The highest BCUT2D eigenvalue weighted by Gasteiger charge is 2.51. The van der Waals surface area contributed by atoms with Gasteiger partial charge in [-0.05, 0) is 47.4 Å². The number of rotatable bonds is 4. The van der Waals surface area contributed by atoms with Gasteiger partial charge in [-0.1, -0.05) is 6.07 Å². The fraction of sp³-hybridized carbons (Fsp3) is 0.429. The zero-order chi connectivity index (χ0) is 18.3. The molecule has 0 saturated carbocycles. The molecule has 2 aromatic rings. The van der Waals surface area contributed by atoms with Crippen molar-refractivity contribution in [1.29, 1.82) is 0 Å². The molecule has 0 N–H and O–H groups in total. The molecule has 1 atom stereocenters. The van der Waals surface area contributed by atoms with Crippen LogP contribution in [0.1, 0.15) is 33.5 Å². The highest BCUT2D eigenvalue weighted by molar-refractivity contribution is 8.01. The van der Waals surface area contributed by atoms with Crippen LogP contribution >= 0.6 is 11.8 Å². The van der Waals surface area contributed by atoms with E-state index in [9.17, 15) is 4.79 Å². The van der Waals surface area contributed by atoms with Crippen molar-refractivity contribution in [3.8, 4) is 0 Å². The van der Waals surface area contributed by atoms with Crippen LogP contribution < -0.4 is 0 Å². The number of fused-ring (bicyclic) bond motifs is 1. The molecule has 3 aliphatic rings. The number of carbonyl (C=O) groups excluding carboxylic acids is 1. The van der Waals surface area contributed by atoms with Gasteiger partial charge in [0.1, 0.15) is 0 Å². The number of ether oxygens (including phenoxy) is 2. The topological polar surface area (TPSA) is 51.7 Å². The average Bonchev–Trinajstić information content (AvgIpc) is 3.32. The third-order valence-corrected chi connectivity index (χ3v) is 7.20. The Bertz CT molecular complexity index is 852. The number of benzene rings is 1. The summed E-state index contributed by atoms with van der Waals surface area (Å²) in [6, 6.07) is 9.94. The molecule has 4 heterocycles. The Morgan fingerprint density at radius 3 is 2.89 bits per heavy atom. The predicted molar refractivity (Wildman–Crippen MR) is 103 cm³/mol. The Morgan fingerprint density at radius 2 is 2.04 bits per heavy atom. The van der Waals surface area contributed by atoms with Crippen molar-refractivity contribution in [2.75, 3.05) is 18.8 Å². The van der Waals surface area contributed by atoms with Gasteiger partial charge in [-0.2, -0.15) is 0 Å². The number of carbonyl (C=O) groups is 1. The van der Waals surface area contributed by atoms with Crippen molar-refractivity contribution in [1.82, 2.24) is 9.88 Å². The first-order valence-electron chi connectivity index (χ1n) is 9.34. The Kier molecular flexibility index (Phi) is 4.42. The molecular formula is C21H22N2O3S. The van der Waals surface area contributed by atoms with Gasteiger partial charge in [0.05, 0.1) is 30.7 Å². The molecule has 0 radical (unpaired) electrons. The van der Waals surface area contributed by atoms with E-state index in [1.807, 2.05) is 47.0 Å². The second-order valence-corrected chi connectivity index (χ2v) is 9.11. The molecule has 1 aromatic carbocycles. The minimum atomic E-state index is 0.136. The van der Waals surface area contributed by atoms with Crippen molar-refractivity contribution < 1.29 is 14.3 Å². The van der Waals surface area contributed by atoms with Gasteiger partial charge in [-0.15, -0.1) is 11.8 Å². The predicted octanol–water partition coefficient (Wildman–Crippen LogP) is 3.03. The number of hydrogen-bond acceptors (Lipinski definition) is 5. The normalized spacial score (nSPS) is 22.7. The summed E-state index contributed by atoms with van der Waals surface area (Å²) in [5.41, 5.74) is 4.28. The molecule has 5 nitrogen and oxygen atoms in total. The number of thioether (sulfide) groups is 1. The van der Waals surface area contributed by atoms with Crippen LogP contribution in [0, 0.1) is 0 Å². The minimum Gasteiger partial charge on any atom is -0.373 e. The first-order valence-corrected chi connectivity index (χ1v) is 10.3. The second kappa shape index (κ2) is 6.93. The summed E-state index contributed by atoms with van der Waals surface area (Å²) in [6.07, 6.45) is 4.87. The molecular weight excluding hydrogens is 360 g/mol. The zero-order valence-corrected chi connectivity index (χ0v) is 15.9. The summed E-state index contributed by atoms with van der Waals surface area (Å²) in [6.45, 7) is 3.54. The molecule has 5 rings (SSSR count). The van der Waals surface area contributed by atoms with E-state index < -0.39 is 0 Å². The molecule has 1 spiro atoms. The van der Waals surface area contributed by atoms with Crippen LogP contribution in [0.3, 0.4) is 0 Å². The van der Waals surface area contributed by atoms with Gasteiger partial charge < -0.3 is 14.4 Å². The fourth-order valence-electron chi connectivity index (χ4n) is 4.10. The smallest absolute Gasteiger partial charge is 0.253 e. The summed E-state index contributed by atoms with van der Waals surface area (Å²) in [5, 5.41) is 0. The van der Waals surface area contributed by atoms with E-state index in [-0.39, 0.29) is 16.8 Å². The maximum Gasteiger partial charge on any atom is 0.253 e. The van der Waals surface area contributed by atoms with E-state index in [1.54, 1.807) is 12.4 Å². The molecule has 2 fully saturated rings. The van der Waals surface area contributed by atoms with E-state index in [0.717, 1.165) is 42.0 Å². The Hall–Kier alpha value is -1.89. The van der Waals surface area contributed by atoms with Gasteiger partial charge in [-0.3, -0.25) is 9.78 Å². The van der Waals surface area contributed by atoms with Crippen LogP contribution in [-0.4, -0.2) is 45.5 Å². The Balaban J connectivity index is 1.15. The van der Waals surface area contributed by atoms with Crippen LogP contribution in [0.2, 0.25) is 0 Å². The van der Waals surface area contributed by atoms with E-state index in [4.69, 9.17) is 9.47 Å². The first kappa shape index (κ1) is 17.2. The van der Waals surface area contributed by atoms with Crippen LogP contribution in [-0.2, 0) is 29.3 Å². The molecule has 140 valence electrons. The van der Waals surface area contributed by atoms with E-state index in [2.05, 4.69) is 4.98 Å². The third kappa shape index (κ3) is 3.37. The van der Waals surface area contributed by atoms with Crippen LogP contribution in [0.4, 0.5) is 0 Å². The molecule has 0 bridgehead atoms. The SMILES string of the molecule is O=C(c1ccc2c(c1)COC2)N1CC2(CC(OCc3ccncc3)CS2)C1. The number of pyridine rings is 1. The lowest BCUT2D eigenvalue weighted by molar-refractivity contribution is 0.0255. The number of likely N-dealkylation sites (tertiary alicyclic amines) is 1. The number of amides is 1. The van der Waals surface area contributed by atoms with E-state index in [0.29, 0.717) is 19.8 Å². The van der Waals surface area contributed by atoms with Crippen molar-refractivity contribution in [2.24, 2.45) is 0 Å². The average molecular weight is 382 g/mol.